The van der Waals surface area contributed by atoms with Gasteiger partial charge in [0.2, 0.25) is 0 Å². The standard InChI is InChI=1S/C14H19BrO2S/c1-2-10-4-3-6-14(8-10,13(16)17)9-12-11(15)5-7-18-12/h5,7,10H,2-4,6,8-9H2,1H3,(H,16,17). The molecule has 0 bridgehead atoms. The summed E-state index contributed by atoms with van der Waals surface area (Å²) >= 11 is 5.17. The zero-order chi connectivity index (χ0) is 13.2. The van der Waals surface area contributed by atoms with E-state index in [2.05, 4.69) is 22.9 Å². The quantitative estimate of drug-likeness (QED) is 0.866. The van der Waals surface area contributed by atoms with Gasteiger partial charge in [-0.15, -0.1) is 11.3 Å². The zero-order valence-corrected chi connectivity index (χ0v) is 13.0. The summed E-state index contributed by atoms with van der Waals surface area (Å²) in [6.45, 7) is 2.17. The van der Waals surface area contributed by atoms with Crippen molar-refractivity contribution >= 4 is 33.2 Å². The molecule has 1 aromatic heterocycles. The molecule has 2 unspecified atom stereocenters. The van der Waals surface area contributed by atoms with Crippen LogP contribution < -0.4 is 0 Å². The third-order valence-electron chi connectivity index (χ3n) is 4.17. The lowest BCUT2D eigenvalue weighted by Gasteiger charge is -2.37. The summed E-state index contributed by atoms with van der Waals surface area (Å²) in [4.78, 5) is 12.9. The number of carbonyl (C=O) groups is 1. The van der Waals surface area contributed by atoms with Crippen LogP contribution in [0, 0.1) is 11.3 Å². The largest absolute Gasteiger partial charge is 0.481 e. The minimum absolute atomic E-state index is 0.535. The number of halogens is 1. The average molecular weight is 331 g/mol. The molecule has 2 atom stereocenters. The van der Waals surface area contributed by atoms with Gasteiger partial charge in [-0.25, -0.2) is 0 Å². The van der Waals surface area contributed by atoms with Gasteiger partial charge in [-0.1, -0.05) is 26.2 Å². The Kier molecular flexibility index (Phi) is 4.49. The molecule has 1 heterocycles. The SMILES string of the molecule is CCC1CCCC(Cc2sccc2Br)(C(=O)O)C1. The maximum Gasteiger partial charge on any atom is 0.310 e. The number of carboxylic acid groups (broad SMARTS) is 1. The maximum atomic E-state index is 11.8. The van der Waals surface area contributed by atoms with Gasteiger partial charge >= 0.3 is 5.97 Å². The van der Waals surface area contributed by atoms with E-state index in [1.807, 2.05) is 11.4 Å². The fourth-order valence-corrected chi connectivity index (χ4v) is 4.66. The van der Waals surface area contributed by atoms with E-state index in [9.17, 15) is 9.90 Å². The Morgan fingerprint density at radius 3 is 3.00 bits per heavy atom. The van der Waals surface area contributed by atoms with Crippen molar-refractivity contribution in [2.75, 3.05) is 0 Å². The molecule has 4 heteroatoms. The van der Waals surface area contributed by atoms with Gasteiger partial charge in [-0.05, 0) is 52.6 Å². The molecular weight excluding hydrogens is 312 g/mol. The van der Waals surface area contributed by atoms with Gasteiger partial charge in [-0.3, -0.25) is 4.79 Å². The Balaban J connectivity index is 2.22. The van der Waals surface area contributed by atoms with Crippen LogP contribution in [0.5, 0.6) is 0 Å². The summed E-state index contributed by atoms with van der Waals surface area (Å²) < 4.78 is 1.06. The van der Waals surface area contributed by atoms with E-state index in [0.717, 1.165) is 30.2 Å². The van der Waals surface area contributed by atoms with Crippen LogP contribution in [-0.4, -0.2) is 11.1 Å². The second kappa shape index (κ2) is 5.74. The molecular formula is C14H19BrO2S. The Labute approximate surface area is 121 Å². The molecule has 1 N–H and O–H groups in total. The van der Waals surface area contributed by atoms with Crippen LogP contribution in [0.1, 0.15) is 43.9 Å². The van der Waals surface area contributed by atoms with E-state index in [1.54, 1.807) is 11.3 Å². The van der Waals surface area contributed by atoms with Crippen LogP contribution in [-0.2, 0) is 11.2 Å². The highest BCUT2D eigenvalue weighted by molar-refractivity contribution is 9.10. The van der Waals surface area contributed by atoms with Crippen molar-refractivity contribution in [1.29, 1.82) is 0 Å². The Morgan fingerprint density at radius 1 is 1.67 bits per heavy atom. The smallest absolute Gasteiger partial charge is 0.310 e. The summed E-state index contributed by atoms with van der Waals surface area (Å²) in [5.74, 6) is -0.0328. The van der Waals surface area contributed by atoms with Crippen molar-refractivity contribution in [3.05, 3.63) is 20.8 Å². The van der Waals surface area contributed by atoms with Crippen molar-refractivity contribution in [1.82, 2.24) is 0 Å². The van der Waals surface area contributed by atoms with Crippen molar-refractivity contribution in [3.63, 3.8) is 0 Å². The molecule has 1 aliphatic rings. The molecule has 0 saturated heterocycles. The van der Waals surface area contributed by atoms with Gasteiger partial charge in [0.05, 0.1) is 5.41 Å². The molecule has 2 nitrogen and oxygen atoms in total. The van der Waals surface area contributed by atoms with Crippen molar-refractivity contribution in [3.8, 4) is 0 Å². The number of rotatable bonds is 4. The molecule has 1 fully saturated rings. The van der Waals surface area contributed by atoms with Gasteiger partial charge in [0, 0.05) is 9.35 Å². The van der Waals surface area contributed by atoms with Crippen LogP contribution >= 0.6 is 27.3 Å². The molecule has 0 spiro atoms. The molecule has 0 aliphatic heterocycles. The summed E-state index contributed by atoms with van der Waals surface area (Å²) in [5, 5.41) is 11.7. The molecule has 2 rings (SSSR count). The van der Waals surface area contributed by atoms with Crippen LogP contribution in [0.15, 0.2) is 15.9 Å². The zero-order valence-electron chi connectivity index (χ0n) is 10.6. The van der Waals surface area contributed by atoms with Crippen molar-refractivity contribution < 1.29 is 9.90 Å². The molecule has 0 amide bonds. The molecule has 1 aliphatic carbocycles. The normalized spacial score (nSPS) is 28.2. The molecule has 0 aromatic carbocycles. The molecule has 18 heavy (non-hydrogen) atoms. The first-order chi connectivity index (χ1) is 8.57. The van der Waals surface area contributed by atoms with E-state index in [1.165, 1.54) is 11.3 Å². The van der Waals surface area contributed by atoms with E-state index < -0.39 is 11.4 Å². The Bertz CT molecular complexity index is 429. The monoisotopic (exact) mass is 330 g/mol. The molecule has 1 saturated carbocycles. The average Bonchev–Trinajstić information content (AvgIpc) is 2.75. The van der Waals surface area contributed by atoms with Crippen LogP contribution in [0.4, 0.5) is 0 Å². The predicted octanol–water partition coefficient (Wildman–Crippen LogP) is 4.72. The number of thiophene rings is 1. The van der Waals surface area contributed by atoms with Gasteiger partial charge < -0.3 is 5.11 Å². The first-order valence-electron chi connectivity index (χ1n) is 6.52. The highest BCUT2D eigenvalue weighted by atomic mass is 79.9. The summed E-state index contributed by atoms with van der Waals surface area (Å²) in [6, 6.07) is 2.01. The second-order valence-corrected chi connectivity index (χ2v) is 7.18. The van der Waals surface area contributed by atoms with Gasteiger partial charge in [0.15, 0.2) is 0 Å². The third kappa shape index (κ3) is 2.80. The lowest BCUT2D eigenvalue weighted by molar-refractivity contribution is -0.152. The minimum Gasteiger partial charge on any atom is -0.481 e. The molecule has 0 radical (unpaired) electrons. The summed E-state index contributed by atoms with van der Waals surface area (Å²) in [7, 11) is 0. The molecule has 100 valence electrons. The number of hydrogen-bond acceptors (Lipinski definition) is 2. The van der Waals surface area contributed by atoms with E-state index in [4.69, 9.17) is 0 Å². The van der Waals surface area contributed by atoms with Crippen LogP contribution in [0.3, 0.4) is 0 Å². The first kappa shape index (κ1) is 14.1. The lowest BCUT2D eigenvalue weighted by Crippen LogP contribution is -2.38. The predicted molar refractivity (Wildman–Crippen MR) is 78.0 cm³/mol. The second-order valence-electron chi connectivity index (χ2n) is 5.32. The first-order valence-corrected chi connectivity index (χ1v) is 8.20. The summed E-state index contributed by atoms with van der Waals surface area (Å²) in [6.07, 6.45) is 5.68. The summed E-state index contributed by atoms with van der Waals surface area (Å²) in [5.41, 5.74) is -0.535. The van der Waals surface area contributed by atoms with Gasteiger partial charge in [0.25, 0.3) is 0 Å². The third-order valence-corrected chi connectivity index (χ3v) is 6.09. The van der Waals surface area contributed by atoms with E-state index >= 15 is 0 Å². The van der Waals surface area contributed by atoms with Gasteiger partial charge in [0.1, 0.15) is 0 Å². The highest BCUT2D eigenvalue weighted by Gasteiger charge is 2.43. The van der Waals surface area contributed by atoms with Gasteiger partial charge in [-0.2, -0.15) is 0 Å². The van der Waals surface area contributed by atoms with Crippen molar-refractivity contribution in [2.45, 2.75) is 45.4 Å². The van der Waals surface area contributed by atoms with Crippen LogP contribution in [0.25, 0.3) is 0 Å². The van der Waals surface area contributed by atoms with E-state index in [-0.39, 0.29) is 0 Å². The Morgan fingerprint density at radius 2 is 2.44 bits per heavy atom. The van der Waals surface area contributed by atoms with Crippen LogP contribution in [0.2, 0.25) is 0 Å². The molecule has 1 aromatic rings. The van der Waals surface area contributed by atoms with E-state index in [0.29, 0.717) is 12.3 Å². The number of hydrogen-bond donors (Lipinski definition) is 1. The fourth-order valence-electron chi connectivity index (χ4n) is 3.02. The number of aliphatic carboxylic acids is 1. The minimum atomic E-state index is -0.610. The topological polar surface area (TPSA) is 37.3 Å². The van der Waals surface area contributed by atoms with Crippen molar-refractivity contribution in [2.24, 2.45) is 11.3 Å². The highest BCUT2D eigenvalue weighted by Crippen LogP contribution is 2.45. The lowest BCUT2D eigenvalue weighted by atomic mass is 9.67. The Hall–Kier alpha value is -0.350. The fraction of sp³-hybridized carbons (Fsp3) is 0.643. The number of carboxylic acids is 1. The maximum absolute atomic E-state index is 11.8.